The van der Waals surface area contributed by atoms with Crippen LogP contribution in [0.5, 0.6) is 0 Å². The minimum Gasteiger partial charge on any atom is -0.331 e. The number of aromatic nitrogens is 2. The molecule has 3 rings (SSSR count). The predicted octanol–water partition coefficient (Wildman–Crippen LogP) is 3.28. The molecule has 1 atom stereocenters. The number of hydrogen-bond donors (Lipinski definition) is 1. The van der Waals surface area contributed by atoms with Gasteiger partial charge in [0, 0.05) is 19.5 Å². The molecule has 1 N–H and O–H groups in total. The van der Waals surface area contributed by atoms with Crippen LogP contribution in [0.15, 0.2) is 24.3 Å². The Kier molecular flexibility index (Phi) is 4.06. The van der Waals surface area contributed by atoms with Crippen LogP contribution in [0.25, 0.3) is 11.0 Å². The Balaban J connectivity index is 1.80. The van der Waals surface area contributed by atoms with Gasteiger partial charge in [-0.3, -0.25) is 0 Å². The maximum absolute atomic E-state index is 4.82. The molecule has 1 aromatic heterocycles. The molecule has 1 aromatic carbocycles. The Labute approximate surface area is 121 Å². The van der Waals surface area contributed by atoms with Crippen LogP contribution < -0.4 is 5.32 Å². The van der Waals surface area contributed by atoms with Gasteiger partial charge in [0.1, 0.15) is 5.82 Å². The summed E-state index contributed by atoms with van der Waals surface area (Å²) in [5.41, 5.74) is 2.36. The molecule has 0 aliphatic heterocycles. The molecule has 20 heavy (non-hydrogen) atoms. The van der Waals surface area contributed by atoms with Crippen molar-refractivity contribution in [2.45, 2.75) is 45.1 Å². The van der Waals surface area contributed by atoms with E-state index < -0.39 is 0 Å². The third-order valence-corrected chi connectivity index (χ3v) is 4.66. The van der Waals surface area contributed by atoms with Crippen molar-refractivity contribution in [2.75, 3.05) is 6.54 Å². The summed E-state index contributed by atoms with van der Waals surface area (Å²) in [6.45, 7) is 3.35. The predicted molar refractivity (Wildman–Crippen MR) is 83.8 cm³/mol. The molecular formula is C17H25N3. The fourth-order valence-electron chi connectivity index (χ4n) is 3.15. The van der Waals surface area contributed by atoms with Gasteiger partial charge >= 0.3 is 0 Å². The monoisotopic (exact) mass is 271 g/mol. The molecule has 0 amide bonds. The molecule has 108 valence electrons. The molecule has 0 saturated heterocycles. The van der Waals surface area contributed by atoms with Crippen molar-refractivity contribution in [3.05, 3.63) is 30.1 Å². The topological polar surface area (TPSA) is 29.9 Å². The van der Waals surface area contributed by atoms with E-state index in [4.69, 9.17) is 4.98 Å². The third-order valence-electron chi connectivity index (χ3n) is 4.66. The van der Waals surface area contributed by atoms with E-state index in [0.29, 0.717) is 6.04 Å². The lowest BCUT2D eigenvalue weighted by Gasteiger charge is -2.34. The van der Waals surface area contributed by atoms with E-state index >= 15 is 0 Å². The van der Waals surface area contributed by atoms with E-state index in [2.05, 4.69) is 48.1 Å². The number of fused-ring (bicyclic) bond motifs is 1. The van der Waals surface area contributed by atoms with Crippen LogP contribution in [-0.2, 0) is 13.5 Å². The minimum absolute atomic E-state index is 0.596. The molecule has 0 radical (unpaired) electrons. The van der Waals surface area contributed by atoms with Crippen LogP contribution in [-0.4, -0.2) is 22.1 Å². The number of hydrogen-bond acceptors (Lipinski definition) is 2. The highest BCUT2D eigenvalue weighted by molar-refractivity contribution is 5.75. The number of nitrogens with one attached hydrogen (secondary N) is 1. The number of imidazole rings is 1. The van der Waals surface area contributed by atoms with Crippen LogP contribution in [0.2, 0.25) is 0 Å². The van der Waals surface area contributed by atoms with Crippen molar-refractivity contribution in [1.29, 1.82) is 0 Å². The highest BCUT2D eigenvalue weighted by Gasteiger charge is 2.28. The molecule has 3 nitrogen and oxygen atoms in total. The fraction of sp³-hybridized carbons (Fsp3) is 0.588. The Morgan fingerprint density at radius 3 is 2.80 bits per heavy atom. The molecule has 2 aromatic rings. The van der Waals surface area contributed by atoms with Crippen molar-refractivity contribution >= 4 is 11.0 Å². The van der Waals surface area contributed by atoms with Crippen molar-refractivity contribution in [3.63, 3.8) is 0 Å². The molecule has 1 aliphatic rings. The highest BCUT2D eigenvalue weighted by Crippen LogP contribution is 2.31. The van der Waals surface area contributed by atoms with Crippen molar-refractivity contribution in [2.24, 2.45) is 13.0 Å². The highest BCUT2D eigenvalue weighted by atomic mass is 15.1. The van der Waals surface area contributed by atoms with Crippen molar-refractivity contribution < 1.29 is 0 Å². The van der Waals surface area contributed by atoms with Gasteiger partial charge in [-0.15, -0.1) is 0 Å². The molecule has 1 heterocycles. The summed E-state index contributed by atoms with van der Waals surface area (Å²) in [6, 6.07) is 9.02. The van der Waals surface area contributed by atoms with E-state index in [1.165, 1.54) is 37.0 Å². The molecule has 1 saturated carbocycles. The summed E-state index contributed by atoms with van der Waals surface area (Å²) in [6.07, 6.45) is 6.41. The van der Waals surface area contributed by atoms with E-state index in [0.717, 1.165) is 24.4 Å². The first kappa shape index (κ1) is 13.6. The molecule has 0 bridgehead atoms. The lowest BCUT2D eigenvalue weighted by molar-refractivity contribution is 0.225. The van der Waals surface area contributed by atoms with Gasteiger partial charge in [0.15, 0.2) is 0 Å². The third kappa shape index (κ3) is 2.59. The fourth-order valence-corrected chi connectivity index (χ4v) is 3.15. The first-order valence-electron chi connectivity index (χ1n) is 7.93. The van der Waals surface area contributed by atoms with E-state index in [-0.39, 0.29) is 0 Å². The van der Waals surface area contributed by atoms with E-state index in [9.17, 15) is 0 Å². The number of benzene rings is 1. The van der Waals surface area contributed by atoms with Gasteiger partial charge in [-0.05, 0) is 43.9 Å². The molecule has 1 unspecified atom stereocenters. The summed E-state index contributed by atoms with van der Waals surface area (Å²) in [5, 5.41) is 3.74. The van der Waals surface area contributed by atoms with Gasteiger partial charge < -0.3 is 9.88 Å². The summed E-state index contributed by atoms with van der Waals surface area (Å²) < 4.78 is 2.26. The lowest BCUT2D eigenvalue weighted by Crippen LogP contribution is -2.42. The average Bonchev–Trinajstić information content (AvgIpc) is 2.71. The quantitative estimate of drug-likeness (QED) is 0.873. The van der Waals surface area contributed by atoms with Gasteiger partial charge in [0.25, 0.3) is 0 Å². The van der Waals surface area contributed by atoms with Gasteiger partial charge in [-0.1, -0.05) is 25.5 Å². The smallest absolute Gasteiger partial charge is 0.111 e. The summed E-state index contributed by atoms with van der Waals surface area (Å²) in [5.74, 6) is 2.06. The molecule has 1 aliphatic carbocycles. The Morgan fingerprint density at radius 1 is 1.35 bits per heavy atom. The van der Waals surface area contributed by atoms with Crippen LogP contribution in [0.4, 0.5) is 0 Å². The first-order chi connectivity index (χ1) is 9.79. The molecule has 1 fully saturated rings. The standard InChI is InChI=1S/C17H25N3/c1-3-11-18-15(13-7-6-8-13)12-17-19-14-9-4-5-10-16(14)20(17)2/h4-5,9-10,13,15,18H,3,6-8,11-12H2,1-2H3. The lowest BCUT2D eigenvalue weighted by atomic mass is 9.78. The minimum atomic E-state index is 0.596. The van der Waals surface area contributed by atoms with Gasteiger partial charge in [0.05, 0.1) is 11.0 Å². The van der Waals surface area contributed by atoms with Crippen LogP contribution in [0, 0.1) is 5.92 Å². The molecular weight excluding hydrogens is 246 g/mol. The zero-order valence-corrected chi connectivity index (χ0v) is 12.6. The van der Waals surface area contributed by atoms with E-state index in [1.54, 1.807) is 0 Å². The van der Waals surface area contributed by atoms with Gasteiger partial charge in [-0.2, -0.15) is 0 Å². The van der Waals surface area contributed by atoms with Crippen LogP contribution in [0.3, 0.4) is 0 Å². The number of nitrogens with zero attached hydrogens (tertiary/aromatic N) is 2. The Bertz CT molecular complexity index is 569. The number of para-hydroxylation sites is 2. The Hall–Kier alpha value is -1.35. The molecule has 3 heteroatoms. The van der Waals surface area contributed by atoms with Crippen LogP contribution in [0.1, 0.15) is 38.4 Å². The average molecular weight is 271 g/mol. The SMILES string of the molecule is CCCNC(Cc1nc2ccccc2n1C)C1CCC1. The molecule has 0 spiro atoms. The number of aryl methyl sites for hydroxylation is 1. The largest absolute Gasteiger partial charge is 0.331 e. The summed E-state index contributed by atoms with van der Waals surface area (Å²) >= 11 is 0. The van der Waals surface area contributed by atoms with E-state index in [1.807, 2.05) is 0 Å². The maximum Gasteiger partial charge on any atom is 0.111 e. The zero-order chi connectivity index (χ0) is 13.9. The van der Waals surface area contributed by atoms with Crippen molar-refractivity contribution in [1.82, 2.24) is 14.9 Å². The van der Waals surface area contributed by atoms with Crippen LogP contribution >= 0.6 is 0 Å². The zero-order valence-electron chi connectivity index (χ0n) is 12.6. The van der Waals surface area contributed by atoms with Gasteiger partial charge in [-0.25, -0.2) is 4.98 Å². The van der Waals surface area contributed by atoms with Crippen molar-refractivity contribution in [3.8, 4) is 0 Å². The Morgan fingerprint density at radius 2 is 2.15 bits per heavy atom. The first-order valence-corrected chi connectivity index (χ1v) is 7.93. The second-order valence-electron chi connectivity index (χ2n) is 6.03. The number of rotatable bonds is 6. The van der Waals surface area contributed by atoms with Gasteiger partial charge in [0.2, 0.25) is 0 Å². The summed E-state index contributed by atoms with van der Waals surface area (Å²) in [4.78, 5) is 4.82. The second kappa shape index (κ2) is 5.96. The normalized spacial score (nSPS) is 17.3. The second-order valence-corrected chi connectivity index (χ2v) is 6.03. The summed E-state index contributed by atoms with van der Waals surface area (Å²) in [7, 11) is 2.14. The maximum atomic E-state index is 4.82.